The second-order valence-electron chi connectivity index (χ2n) is 8.66. The van der Waals surface area contributed by atoms with E-state index in [2.05, 4.69) is 10.5 Å². The average Bonchev–Trinajstić information content (AvgIpc) is 2.78. The number of amides is 1. The normalized spacial score (nSPS) is 27.4. The highest BCUT2D eigenvalue weighted by molar-refractivity contribution is 7.89. The first-order valence-electron chi connectivity index (χ1n) is 11.0. The summed E-state index contributed by atoms with van der Waals surface area (Å²) in [5, 5.41) is 4.39. The molecule has 1 amide bonds. The molecule has 0 unspecified atom stereocenters. The molecular weight excluding hydrogens is 386 g/mol. The number of carbonyl (C=O) groups excluding carboxylic acids is 1. The Balaban J connectivity index is 1.42. The molecule has 29 heavy (non-hydrogen) atoms. The molecule has 6 nitrogen and oxygen atoms in total. The first kappa shape index (κ1) is 20.5. The summed E-state index contributed by atoms with van der Waals surface area (Å²) in [5.74, 6) is 1.19. The van der Waals surface area contributed by atoms with E-state index in [4.69, 9.17) is 0 Å². The molecule has 0 aromatic heterocycles. The van der Waals surface area contributed by atoms with Crippen molar-refractivity contribution in [1.82, 2.24) is 9.73 Å². The van der Waals surface area contributed by atoms with E-state index in [1.165, 1.54) is 42.5 Å². The molecule has 1 heterocycles. The Hall–Kier alpha value is -1.73. The molecule has 1 N–H and O–H groups in total. The lowest BCUT2D eigenvalue weighted by molar-refractivity contribution is 0.0954. The molecule has 3 fully saturated rings. The summed E-state index contributed by atoms with van der Waals surface area (Å²) >= 11 is 0. The number of nitrogens with zero attached hydrogens (tertiary/aromatic N) is 2. The van der Waals surface area contributed by atoms with Crippen LogP contribution < -0.4 is 5.43 Å². The minimum absolute atomic E-state index is 0.183. The Morgan fingerprint density at radius 1 is 1.00 bits per heavy atom. The number of hydrogen-bond donors (Lipinski definition) is 1. The first-order chi connectivity index (χ1) is 14.0. The smallest absolute Gasteiger partial charge is 0.267 e. The number of hydrogen-bond acceptors (Lipinski definition) is 4. The van der Waals surface area contributed by atoms with Crippen molar-refractivity contribution in [3.8, 4) is 0 Å². The molecule has 1 aliphatic heterocycles. The summed E-state index contributed by atoms with van der Waals surface area (Å²) in [7, 11) is -3.55. The van der Waals surface area contributed by atoms with Crippen molar-refractivity contribution < 1.29 is 13.2 Å². The highest BCUT2D eigenvalue weighted by Gasteiger charge is 2.30. The van der Waals surface area contributed by atoms with Gasteiger partial charge in [0.2, 0.25) is 10.0 Å². The number of benzene rings is 1. The van der Waals surface area contributed by atoms with Gasteiger partial charge in [-0.3, -0.25) is 4.79 Å². The number of carbonyl (C=O) groups is 1. The van der Waals surface area contributed by atoms with Gasteiger partial charge in [0, 0.05) is 24.4 Å². The zero-order valence-electron chi connectivity index (χ0n) is 17.0. The van der Waals surface area contributed by atoms with Gasteiger partial charge in [0.1, 0.15) is 0 Å². The third-order valence-electron chi connectivity index (χ3n) is 6.73. The third-order valence-corrected chi connectivity index (χ3v) is 8.63. The SMILES string of the molecule is O=C(N/N=C1/CC[C@@H]2CCCC[C@@H]2C1)c1cccc(S(=O)(=O)N2CCCCC2)c1. The van der Waals surface area contributed by atoms with Crippen molar-refractivity contribution in [2.24, 2.45) is 16.9 Å². The fraction of sp³-hybridized carbons (Fsp3) is 0.636. The predicted molar refractivity (Wildman–Crippen MR) is 113 cm³/mol. The lowest BCUT2D eigenvalue weighted by Crippen LogP contribution is -2.35. The fourth-order valence-corrected chi connectivity index (χ4v) is 6.60. The van der Waals surface area contributed by atoms with Crippen LogP contribution in [-0.2, 0) is 10.0 Å². The molecule has 2 saturated carbocycles. The highest BCUT2D eigenvalue weighted by atomic mass is 32.2. The minimum atomic E-state index is -3.55. The van der Waals surface area contributed by atoms with Gasteiger partial charge in [-0.15, -0.1) is 0 Å². The molecule has 7 heteroatoms. The molecule has 1 aromatic rings. The van der Waals surface area contributed by atoms with Gasteiger partial charge in [-0.1, -0.05) is 31.7 Å². The first-order valence-corrected chi connectivity index (χ1v) is 12.4. The van der Waals surface area contributed by atoms with E-state index >= 15 is 0 Å². The van der Waals surface area contributed by atoms with Crippen molar-refractivity contribution in [3.63, 3.8) is 0 Å². The lowest BCUT2D eigenvalue weighted by Gasteiger charge is -2.35. The predicted octanol–water partition coefficient (Wildman–Crippen LogP) is 3.94. The van der Waals surface area contributed by atoms with E-state index in [1.807, 2.05) is 0 Å². The fourth-order valence-electron chi connectivity index (χ4n) is 5.04. The molecule has 1 saturated heterocycles. The van der Waals surface area contributed by atoms with Gasteiger partial charge in [-0.2, -0.15) is 9.41 Å². The summed E-state index contributed by atoms with van der Waals surface area (Å²) in [5.41, 5.74) is 4.06. The van der Waals surface area contributed by atoms with Crippen molar-refractivity contribution >= 4 is 21.6 Å². The lowest BCUT2D eigenvalue weighted by atomic mass is 9.70. The van der Waals surface area contributed by atoms with Gasteiger partial charge in [0.25, 0.3) is 5.91 Å². The Morgan fingerprint density at radius 2 is 1.76 bits per heavy atom. The van der Waals surface area contributed by atoms with Gasteiger partial charge >= 0.3 is 0 Å². The Labute approximate surface area is 173 Å². The quantitative estimate of drug-likeness (QED) is 0.754. The van der Waals surface area contributed by atoms with Crippen LogP contribution >= 0.6 is 0 Å². The van der Waals surface area contributed by atoms with Crippen molar-refractivity contribution in [2.75, 3.05) is 13.1 Å². The third kappa shape index (κ3) is 4.72. The van der Waals surface area contributed by atoms with Gasteiger partial charge in [0.05, 0.1) is 4.90 Å². The van der Waals surface area contributed by atoms with Crippen LogP contribution in [0.1, 0.15) is 74.6 Å². The summed E-state index contributed by atoms with van der Waals surface area (Å²) in [6, 6.07) is 6.31. The summed E-state index contributed by atoms with van der Waals surface area (Å²) in [6.45, 7) is 1.10. The van der Waals surface area contributed by atoms with Crippen molar-refractivity contribution in [2.45, 2.75) is 69.1 Å². The number of hydrazone groups is 1. The summed E-state index contributed by atoms with van der Waals surface area (Å²) < 4.78 is 27.3. The number of fused-ring (bicyclic) bond motifs is 1. The molecule has 0 spiro atoms. The summed E-state index contributed by atoms with van der Waals surface area (Å²) in [6.07, 6.45) is 11.2. The van der Waals surface area contributed by atoms with E-state index in [-0.39, 0.29) is 10.8 Å². The second-order valence-corrected chi connectivity index (χ2v) is 10.6. The largest absolute Gasteiger partial charge is 0.271 e. The minimum Gasteiger partial charge on any atom is -0.267 e. The van der Waals surface area contributed by atoms with Crippen LogP contribution in [-0.4, -0.2) is 37.4 Å². The average molecular weight is 418 g/mol. The topological polar surface area (TPSA) is 78.8 Å². The van der Waals surface area contributed by atoms with Gasteiger partial charge in [-0.25, -0.2) is 13.8 Å². The standard InChI is InChI=1S/C22H31N3O3S/c26-22(24-23-20-12-11-17-7-2-3-8-18(17)15-20)19-9-6-10-21(16-19)29(27,28)25-13-4-1-5-14-25/h6,9-10,16-18H,1-5,7-8,11-15H2,(H,24,26)/b23-20-/t17-,18+/m0/s1. The van der Waals surface area contributed by atoms with Crippen LogP contribution in [0.5, 0.6) is 0 Å². The Bertz CT molecular complexity index is 875. The van der Waals surface area contributed by atoms with E-state index in [0.29, 0.717) is 24.6 Å². The number of nitrogens with one attached hydrogen (secondary N) is 1. The van der Waals surface area contributed by atoms with Crippen LogP contribution in [0.2, 0.25) is 0 Å². The van der Waals surface area contributed by atoms with Gasteiger partial charge in [-0.05, 0) is 68.6 Å². The van der Waals surface area contributed by atoms with Crippen molar-refractivity contribution in [3.05, 3.63) is 29.8 Å². The zero-order chi connectivity index (χ0) is 20.3. The molecule has 2 aliphatic carbocycles. The maximum atomic E-state index is 12.9. The molecular formula is C22H31N3O3S. The van der Waals surface area contributed by atoms with Gasteiger partial charge < -0.3 is 0 Å². The molecule has 4 rings (SSSR count). The van der Waals surface area contributed by atoms with E-state index < -0.39 is 10.0 Å². The summed E-state index contributed by atoms with van der Waals surface area (Å²) in [4.78, 5) is 12.8. The maximum Gasteiger partial charge on any atom is 0.271 e. The van der Waals surface area contributed by atoms with E-state index in [1.54, 1.807) is 18.2 Å². The Morgan fingerprint density at radius 3 is 2.55 bits per heavy atom. The monoisotopic (exact) mass is 417 g/mol. The number of piperidine rings is 1. The van der Waals surface area contributed by atoms with Crippen molar-refractivity contribution in [1.29, 1.82) is 0 Å². The highest BCUT2D eigenvalue weighted by Crippen LogP contribution is 2.39. The van der Waals surface area contributed by atoms with Crippen LogP contribution in [0.15, 0.2) is 34.3 Å². The van der Waals surface area contributed by atoms with Crippen LogP contribution in [0, 0.1) is 11.8 Å². The van der Waals surface area contributed by atoms with E-state index in [0.717, 1.165) is 43.7 Å². The second kappa shape index (κ2) is 8.96. The molecule has 0 bridgehead atoms. The van der Waals surface area contributed by atoms with Gasteiger partial charge in [0.15, 0.2) is 0 Å². The molecule has 2 atom stereocenters. The van der Waals surface area contributed by atoms with E-state index in [9.17, 15) is 13.2 Å². The van der Waals surface area contributed by atoms with Crippen LogP contribution in [0.4, 0.5) is 0 Å². The van der Waals surface area contributed by atoms with Crippen LogP contribution in [0.25, 0.3) is 0 Å². The molecule has 0 radical (unpaired) electrons. The molecule has 1 aromatic carbocycles. The Kier molecular flexibility index (Phi) is 6.35. The molecule has 158 valence electrons. The molecule has 3 aliphatic rings. The number of sulfonamides is 1. The number of rotatable bonds is 4. The van der Waals surface area contributed by atoms with Crippen LogP contribution in [0.3, 0.4) is 0 Å². The zero-order valence-corrected chi connectivity index (χ0v) is 17.8. The maximum absolute atomic E-state index is 12.9.